The third-order valence-electron chi connectivity index (χ3n) is 3.80. The van der Waals surface area contributed by atoms with E-state index >= 15 is 0 Å². The fraction of sp³-hybridized carbons (Fsp3) is 0.421. The van der Waals surface area contributed by atoms with Crippen LogP contribution in [0.4, 0.5) is 8.78 Å². The van der Waals surface area contributed by atoms with E-state index in [1.54, 1.807) is 33.0 Å². The lowest BCUT2D eigenvalue weighted by Gasteiger charge is -2.16. The van der Waals surface area contributed by atoms with E-state index in [-0.39, 0.29) is 17.8 Å². The molecule has 1 unspecified atom stereocenters. The molecule has 2 rings (SSSR count). The van der Waals surface area contributed by atoms with Gasteiger partial charge in [0.2, 0.25) is 0 Å². The molecule has 0 spiro atoms. The molecule has 0 aliphatic carbocycles. The Bertz CT molecular complexity index is 858. The van der Waals surface area contributed by atoms with Crippen LogP contribution in [-0.2, 0) is 11.3 Å². The summed E-state index contributed by atoms with van der Waals surface area (Å²) in [5, 5.41) is 7.03. The molecular weight excluding hydrogens is 402 g/mol. The predicted octanol–water partition coefficient (Wildman–Crippen LogP) is 3.66. The molecule has 0 fully saturated rings. The van der Waals surface area contributed by atoms with Gasteiger partial charge >= 0.3 is 12.6 Å². The molecule has 1 atom stereocenters. The van der Waals surface area contributed by atoms with Crippen molar-refractivity contribution >= 4 is 23.3 Å². The summed E-state index contributed by atoms with van der Waals surface area (Å²) >= 11 is 1.27. The van der Waals surface area contributed by atoms with E-state index in [0.29, 0.717) is 29.7 Å². The lowest BCUT2D eigenvalue weighted by molar-refractivity contribution is -0.0498. The van der Waals surface area contributed by atoms with E-state index in [1.165, 1.54) is 23.5 Å². The number of aliphatic imine (C=N–C) groups is 1. The Labute approximate surface area is 172 Å². The van der Waals surface area contributed by atoms with Gasteiger partial charge in [-0.2, -0.15) is 8.78 Å². The number of thiazole rings is 1. The summed E-state index contributed by atoms with van der Waals surface area (Å²) in [4.78, 5) is 21.1. The predicted molar refractivity (Wildman–Crippen MR) is 108 cm³/mol. The number of carbonyl (C=O) groups excluding carboxylic acids is 1. The molecular formula is C19H24F2N4O3S. The Balaban J connectivity index is 1.98. The smallest absolute Gasteiger partial charge is 0.387 e. The van der Waals surface area contributed by atoms with E-state index in [9.17, 15) is 13.6 Å². The van der Waals surface area contributed by atoms with Crippen molar-refractivity contribution in [3.8, 4) is 5.75 Å². The molecule has 0 bridgehead atoms. The molecule has 1 aromatic carbocycles. The van der Waals surface area contributed by atoms with Gasteiger partial charge in [0.05, 0.1) is 18.3 Å². The number of alkyl halides is 2. The normalized spacial score (nSPS) is 12.6. The molecule has 0 saturated heterocycles. The van der Waals surface area contributed by atoms with Gasteiger partial charge in [-0.25, -0.2) is 9.78 Å². The average molecular weight is 426 g/mol. The Morgan fingerprint density at radius 2 is 2.14 bits per heavy atom. The topological polar surface area (TPSA) is 84.8 Å². The molecule has 10 heteroatoms. The van der Waals surface area contributed by atoms with Gasteiger partial charge in [0.15, 0.2) is 5.96 Å². The van der Waals surface area contributed by atoms with Crippen LogP contribution in [0.5, 0.6) is 5.75 Å². The summed E-state index contributed by atoms with van der Waals surface area (Å²) in [6, 6.07) is 6.23. The van der Waals surface area contributed by atoms with Crippen molar-refractivity contribution in [3.05, 3.63) is 45.4 Å². The minimum atomic E-state index is -2.87. The zero-order valence-electron chi connectivity index (χ0n) is 16.7. The van der Waals surface area contributed by atoms with Crippen molar-refractivity contribution in [1.29, 1.82) is 0 Å². The first kappa shape index (κ1) is 22.5. The standard InChI is InChI=1S/C19H24F2N4O3S/c1-5-27-17(26)15-11(2)24-16(29-15)12(3)25-19(22-4)23-10-13-7-6-8-14(9-13)28-18(20)21/h6-9,12,18H,5,10H2,1-4H3,(H2,22,23,25). The number of aryl methyl sites for hydroxylation is 1. The minimum Gasteiger partial charge on any atom is -0.462 e. The molecule has 0 aliphatic heterocycles. The molecule has 0 radical (unpaired) electrons. The summed E-state index contributed by atoms with van der Waals surface area (Å²) < 4.78 is 34.1. The number of halogens is 2. The number of guanidine groups is 1. The monoisotopic (exact) mass is 426 g/mol. The summed E-state index contributed by atoms with van der Waals surface area (Å²) in [5.74, 6) is 0.220. The summed E-state index contributed by atoms with van der Waals surface area (Å²) in [7, 11) is 1.62. The van der Waals surface area contributed by atoms with Gasteiger partial charge in [-0.15, -0.1) is 11.3 Å². The van der Waals surface area contributed by atoms with Gasteiger partial charge < -0.3 is 20.1 Å². The Kier molecular flexibility index (Phi) is 8.32. The number of aromatic nitrogens is 1. The first-order chi connectivity index (χ1) is 13.8. The number of nitrogens with one attached hydrogen (secondary N) is 2. The third-order valence-corrected chi connectivity index (χ3v) is 5.12. The van der Waals surface area contributed by atoms with Crippen molar-refractivity contribution in [1.82, 2.24) is 15.6 Å². The number of hydrogen-bond donors (Lipinski definition) is 2. The van der Waals surface area contributed by atoms with Crippen molar-refractivity contribution in [2.24, 2.45) is 4.99 Å². The highest BCUT2D eigenvalue weighted by Gasteiger charge is 2.20. The van der Waals surface area contributed by atoms with E-state index in [1.807, 2.05) is 6.92 Å². The average Bonchev–Trinajstić information content (AvgIpc) is 3.07. The van der Waals surface area contributed by atoms with Crippen LogP contribution in [0.25, 0.3) is 0 Å². The van der Waals surface area contributed by atoms with Crippen molar-refractivity contribution in [3.63, 3.8) is 0 Å². The largest absolute Gasteiger partial charge is 0.462 e. The molecule has 2 N–H and O–H groups in total. The second kappa shape index (κ2) is 10.7. The van der Waals surface area contributed by atoms with Crippen LogP contribution in [0, 0.1) is 6.92 Å². The highest BCUT2D eigenvalue weighted by molar-refractivity contribution is 7.13. The highest BCUT2D eigenvalue weighted by Crippen LogP contribution is 2.24. The summed E-state index contributed by atoms with van der Waals surface area (Å²) in [6.45, 7) is 3.22. The van der Waals surface area contributed by atoms with Gasteiger partial charge in [-0.1, -0.05) is 12.1 Å². The molecule has 2 aromatic rings. The number of esters is 1. The maximum atomic E-state index is 12.3. The van der Waals surface area contributed by atoms with E-state index in [4.69, 9.17) is 4.74 Å². The lowest BCUT2D eigenvalue weighted by Crippen LogP contribution is -2.38. The number of rotatable bonds is 8. The zero-order valence-corrected chi connectivity index (χ0v) is 17.5. The number of benzene rings is 1. The van der Waals surface area contributed by atoms with Crippen LogP contribution in [0.3, 0.4) is 0 Å². The molecule has 0 saturated carbocycles. The van der Waals surface area contributed by atoms with E-state index in [0.717, 1.165) is 10.6 Å². The van der Waals surface area contributed by atoms with E-state index in [2.05, 4.69) is 25.3 Å². The molecule has 0 aliphatic rings. The van der Waals surface area contributed by atoms with Gasteiger partial charge in [0.25, 0.3) is 0 Å². The Hall–Kier alpha value is -2.75. The lowest BCUT2D eigenvalue weighted by atomic mass is 10.2. The summed E-state index contributed by atoms with van der Waals surface area (Å²) in [6.07, 6.45) is 0. The maximum Gasteiger partial charge on any atom is 0.387 e. The summed E-state index contributed by atoms with van der Waals surface area (Å²) in [5.41, 5.74) is 1.38. The first-order valence-corrected chi connectivity index (χ1v) is 9.81. The number of carbonyl (C=O) groups is 1. The molecule has 0 amide bonds. The van der Waals surface area contributed by atoms with Gasteiger partial charge in [-0.3, -0.25) is 4.99 Å². The fourth-order valence-corrected chi connectivity index (χ4v) is 3.43. The second-order valence-electron chi connectivity index (χ2n) is 6.00. The first-order valence-electron chi connectivity index (χ1n) is 8.99. The number of ether oxygens (including phenoxy) is 2. The molecule has 1 aromatic heterocycles. The molecule has 7 nitrogen and oxygen atoms in total. The quantitative estimate of drug-likeness (QED) is 0.381. The van der Waals surface area contributed by atoms with Crippen LogP contribution in [0.1, 0.15) is 45.8 Å². The van der Waals surface area contributed by atoms with Crippen LogP contribution < -0.4 is 15.4 Å². The number of hydrogen-bond acceptors (Lipinski definition) is 6. The Morgan fingerprint density at radius 1 is 1.38 bits per heavy atom. The van der Waals surface area contributed by atoms with Crippen molar-refractivity contribution in [2.75, 3.05) is 13.7 Å². The van der Waals surface area contributed by atoms with Gasteiger partial charge in [0, 0.05) is 13.6 Å². The molecule has 29 heavy (non-hydrogen) atoms. The van der Waals surface area contributed by atoms with Gasteiger partial charge in [-0.05, 0) is 38.5 Å². The third kappa shape index (κ3) is 6.67. The van der Waals surface area contributed by atoms with E-state index < -0.39 is 6.61 Å². The SMILES string of the molecule is CCOC(=O)c1sc(C(C)NC(=NC)NCc2cccc(OC(F)F)c2)nc1C. The Morgan fingerprint density at radius 3 is 2.79 bits per heavy atom. The van der Waals surface area contributed by atoms with Crippen molar-refractivity contribution < 1.29 is 23.0 Å². The number of nitrogens with zero attached hydrogens (tertiary/aromatic N) is 2. The zero-order chi connectivity index (χ0) is 21.4. The second-order valence-corrected chi connectivity index (χ2v) is 7.04. The molecule has 1 heterocycles. The minimum absolute atomic E-state index is 0.0976. The van der Waals surface area contributed by atoms with Crippen LogP contribution in [-0.4, -0.2) is 37.2 Å². The van der Waals surface area contributed by atoms with Gasteiger partial charge in [0.1, 0.15) is 15.6 Å². The van der Waals surface area contributed by atoms with Crippen LogP contribution in [0.2, 0.25) is 0 Å². The molecule has 158 valence electrons. The maximum absolute atomic E-state index is 12.3. The van der Waals surface area contributed by atoms with Crippen LogP contribution >= 0.6 is 11.3 Å². The fourth-order valence-electron chi connectivity index (χ4n) is 2.47. The van der Waals surface area contributed by atoms with Crippen LogP contribution in [0.15, 0.2) is 29.3 Å². The van der Waals surface area contributed by atoms with Crippen molar-refractivity contribution in [2.45, 2.75) is 40.0 Å². The highest BCUT2D eigenvalue weighted by atomic mass is 32.1.